The van der Waals surface area contributed by atoms with Gasteiger partial charge in [0.25, 0.3) is 0 Å². The second-order valence-corrected chi connectivity index (χ2v) is 5.20. The molecule has 3 amide bonds. The maximum Gasteiger partial charge on any atom is 0.318 e. The van der Waals surface area contributed by atoms with Gasteiger partial charge in [-0.2, -0.15) is 0 Å². The third-order valence-electron chi connectivity index (χ3n) is 3.36. The number of primary amides is 1. The summed E-state index contributed by atoms with van der Waals surface area (Å²) < 4.78 is 5.62. The fourth-order valence-electron chi connectivity index (χ4n) is 2.48. The van der Waals surface area contributed by atoms with Crippen molar-refractivity contribution >= 4 is 11.9 Å². The van der Waals surface area contributed by atoms with Gasteiger partial charge in [-0.25, -0.2) is 4.79 Å². The molecule has 0 unspecified atom stereocenters. The molecule has 1 atom stereocenters. The zero-order chi connectivity index (χ0) is 15.1. The van der Waals surface area contributed by atoms with E-state index in [9.17, 15) is 9.59 Å². The summed E-state index contributed by atoms with van der Waals surface area (Å²) >= 11 is 0. The molecule has 6 heteroatoms. The van der Waals surface area contributed by atoms with E-state index in [4.69, 9.17) is 10.5 Å². The summed E-state index contributed by atoms with van der Waals surface area (Å²) in [6.45, 7) is 2.20. The van der Waals surface area contributed by atoms with E-state index in [1.54, 1.807) is 0 Å². The number of urea groups is 1. The Labute approximate surface area is 124 Å². The van der Waals surface area contributed by atoms with Crippen LogP contribution < -0.4 is 11.1 Å². The summed E-state index contributed by atoms with van der Waals surface area (Å²) in [6.07, 6.45) is 2.20. The first-order valence-electron chi connectivity index (χ1n) is 7.10. The average Bonchev–Trinajstić information content (AvgIpc) is 2.91. The van der Waals surface area contributed by atoms with E-state index in [-0.39, 0.29) is 12.6 Å². The molecular weight excluding hydrogens is 270 g/mol. The fraction of sp³-hybridized carbons (Fsp3) is 0.467. The molecule has 21 heavy (non-hydrogen) atoms. The van der Waals surface area contributed by atoms with Crippen LogP contribution in [0.25, 0.3) is 0 Å². The van der Waals surface area contributed by atoms with Crippen molar-refractivity contribution in [3.05, 3.63) is 35.9 Å². The lowest BCUT2D eigenvalue weighted by Gasteiger charge is -2.24. The van der Waals surface area contributed by atoms with Crippen molar-refractivity contribution in [1.82, 2.24) is 10.2 Å². The van der Waals surface area contributed by atoms with Gasteiger partial charge in [-0.05, 0) is 18.4 Å². The predicted molar refractivity (Wildman–Crippen MR) is 78.4 cm³/mol. The van der Waals surface area contributed by atoms with Crippen LogP contribution in [0.1, 0.15) is 18.4 Å². The first-order valence-corrected chi connectivity index (χ1v) is 7.10. The largest absolute Gasteiger partial charge is 0.377 e. The van der Waals surface area contributed by atoms with Gasteiger partial charge in [0.1, 0.15) is 0 Å². The van der Waals surface area contributed by atoms with Crippen LogP contribution in [-0.4, -0.2) is 42.6 Å². The highest BCUT2D eigenvalue weighted by atomic mass is 16.5. The highest BCUT2D eigenvalue weighted by Crippen LogP contribution is 2.15. The van der Waals surface area contributed by atoms with E-state index in [2.05, 4.69) is 5.32 Å². The van der Waals surface area contributed by atoms with E-state index < -0.39 is 11.9 Å². The molecular formula is C15H21N3O3. The molecule has 0 aliphatic carbocycles. The Balaban J connectivity index is 1.95. The molecule has 1 saturated heterocycles. The summed E-state index contributed by atoms with van der Waals surface area (Å²) in [5.41, 5.74) is 6.08. The average molecular weight is 291 g/mol. The smallest absolute Gasteiger partial charge is 0.318 e. The van der Waals surface area contributed by atoms with E-state index in [0.29, 0.717) is 13.1 Å². The fourth-order valence-corrected chi connectivity index (χ4v) is 2.48. The molecule has 1 heterocycles. The molecule has 114 valence electrons. The summed E-state index contributed by atoms with van der Waals surface area (Å²) in [6, 6.07) is 9.07. The third-order valence-corrected chi connectivity index (χ3v) is 3.36. The highest BCUT2D eigenvalue weighted by Gasteiger charge is 2.21. The molecule has 2 rings (SSSR count). The Morgan fingerprint density at radius 1 is 1.33 bits per heavy atom. The number of imide groups is 1. The molecule has 1 fully saturated rings. The topological polar surface area (TPSA) is 84.7 Å². The van der Waals surface area contributed by atoms with Crippen LogP contribution in [0.4, 0.5) is 4.79 Å². The van der Waals surface area contributed by atoms with Crippen molar-refractivity contribution in [3.63, 3.8) is 0 Å². The first-order chi connectivity index (χ1) is 10.1. The summed E-state index contributed by atoms with van der Waals surface area (Å²) in [5, 5.41) is 2.10. The van der Waals surface area contributed by atoms with Crippen LogP contribution in [0.15, 0.2) is 30.3 Å². The maximum atomic E-state index is 11.7. The van der Waals surface area contributed by atoms with Crippen molar-refractivity contribution in [2.24, 2.45) is 5.73 Å². The standard InChI is InChI=1S/C15H21N3O3/c16-15(20)17-14(19)11-18(10-13-7-4-8-21-13)9-12-5-2-1-3-6-12/h1-3,5-6,13H,4,7-11H2,(H3,16,17,19,20)/t13-/m0/s1. The van der Waals surface area contributed by atoms with Gasteiger partial charge in [0.2, 0.25) is 5.91 Å². The number of carbonyl (C=O) groups is 2. The monoisotopic (exact) mass is 291 g/mol. The number of ether oxygens (including phenoxy) is 1. The van der Waals surface area contributed by atoms with Crippen molar-refractivity contribution in [3.8, 4) is 0 Å². The van der Waals surface area contributed by atoms with Gasteiger partial charge in [-0.3, -0.25) is 15.0 Å². The molecule has 0 radical (unpaired) electrons. The molecule has 3 N–H and O–H groups in total. The van der Waals surface area contributed by atoms with Crippen LogP contribution in [0.3, 0.4) is 0 Å². The molecule has 1 aliphatic heterocycles. The molecule has 0 saturated carbocycles. The number of amides is 3. The van der Waals surface area contributed by atoms with Crippen LogP contribution in [-0.2, 0) is 16.1 Å². The predicted octanol–water partition coefficient (Wildman–Crippen LogP) is 0.862. The van der Waals surface area contributed by atoms with E-state index in [0.717, 1.165) is 25.0 Å². The second kappa shape index (κ2) is 7.75. The van der Waals surface area contributed by atoms with Crippen LogP contribution in [0, 0.1) is 0 Å². The zero-order valence-corrected chi connectivity index (χ0v) is 12.0. The molecule has 0 spiro atoms. The number of nitrogens with one attached hydrogen (secondary N) is 1. The number of nitrogens with two attached hydrogens (primary N) is 1. The van der Waals surface area contributed by atoms with Crippen molar-refractivity contribution < 1.29 is 14.3 Å². The Kier molecular flexibility index (Phi) is 5.71. The number of rotatable bonds is 6. The molecule has 1 aromatic rings. The SMILES string of the molecule is NC(=O)NC(=O)CN(Cc1ccccc1)C[C@@H]1CCCO1. The van der Waals surface area contributed by atoms with Gasteiger partial charge in [-0.15, -0.1) is 0 Å². The van der Waals surface area contributed by atoms with Gasteiger partial charge in [0.05, 0.1) is 12.6 Å². The van der Waals surface area contributed by atoms with Crippen molar-refractivity contribution in [1.29, 1.82) is 0 Å². The van der Waals surface area contributed by atoms with Crippen molar-refractivity contribution in [2.45, 2.75) is 25.5 Å². The summed E-state index contributed by atoms with van der Waals surface area (Å²) in [4.78, 5) is 24.5. The lowest BCUT2D eigenvalue weighted by atomic mass is 10.2. The van der Waals surface area contributed by atoms with E-state index >= 15 is 0 Å². The Morgan fingerprint density at radius 2 is 2.10 bits per heavy atom. The molecule has 6 nitrogen and oxygen atoms in total. The van der Waals surface area contributed by atoms with Crippen LogP contribution >= 0.6 is 0 Å². The summed E-state index contributed by atoms with van der Waals surface area (Å²) in [7, 11) is 0. The lowest BCUT2D eigenvalue weighted by molar-refractivity contribution is -0.121. The van der Waals surface area contributed by atoms with Gasteiger partial charge in [-0.1, -0.05) is 30.3 Å². The quantitative estimate of drug-likeness (QED) is 0.814. The normalized spacial score (nSPS) is 17.9. The summed E-state index contributed by atoms with van der Waals surface area (Å²) in [5.74, 6) is -0.392. The Bertz CT molecular complexity index is 472. The van der Waals surface area contributed by atoms with Gasteiger partial charge in [0, 0.05) is 19.7 Å². The lowest BCUT2D eigenvalue weighted by Crippen LogP contribution is -2.44. The molecule has 0 aromatic heterocycles. The number of nitrogens with zero attached hydrogens (tertiary/aromatic N) is 1. The van der Waals surface area contributed by atoms with Gasteiger partial charge >= 0.3 is 6.03 Å². The Hall–Kier alpha value is -1.92. The number of hydrogen-bond acceptors (Lipinski definition) is 4. The number of benzene rings is 1. The van der Waals surface area contributed by atoms with Crippen LogP contribution in [0.5, 0.6) is 0 Å². The molecule has 1 aliphatic rings. The number of carbonyl (C=O) groups excluding carboxylic acids is 2. The molecule has 1 aromatic carbocycles. The Morgan fingerprint density at radius 3 is 2.71 bits per heavy atom. The first kappa shape index (κ1) is 15.5. The van der Waals surface area contributed by atoms with E-state index in [1.165, 1.54) is 0 Å². The second-order valence-electron chi connectivity index (χ2n) is 5.20. The highest BCUT2D eigenvalue weighted by molar-refractivity contribution is 5.94. The third kappa shape index (κ3) is 5.53. The minimum Gasteiger partial charge on any atom is -0.377 e. The molecule has 0 bridgehead atoms. The minimum atomic E-state index is -0.822. The van der Waals surface area contributed by atoms with Crippen LogP contribution in [0.2, 0.25) is 0 Å². The van der Waals surface area contributed by atoms with Gasteiger partial charge < -0.3 is 10.5 Å². The van der Waals surface area contributed by atoms with Gasteiger partial charge in [0.15, 0.2) is 0 Å². The maximum absolute atomic E-state index is 11.7. The minimum absolute atomic E-state index is 0.123. The number of hydrogen-bond donors (Lipinski definition) is 2. The van der Waals surface area contributed by atoms with Crippen molar-refractivity contribution in [2.75, 3.05) is 19.7 Å². The zero-order valence-electron chi connectivity index (χ0n) is 12.0. The van der Waals surface area contributed by atoms with E-state index in [1.807, 2.05) is 35.2 Å².